The zero-order chi connectivity index (χ0) is 20.5. The largest absolute Gasteiger partial charge is 0.389 e. The molecule has 1 N–H and O–H groups in total. The fourth-order valence-corrected chi connectivity index (χ4v) is 3.91. The molecule has 1 saturated carbocycles. The van der Waals surface area contributed by atoms with Crippen LogP contribution in [0, 0.1) is 23.1 Å². The van der Waals surface area contributed by atoms with Crippen molar-refractivity contribution in [1.82, 2.24) is 19.6 Å². The van der Waals surface area contributed by atoms with Crippen LogP contribution in [0.5, 0.6) is 0 Å². The number of nitrogens with zero attached hydrogens (tertiary/aromatic N) is 5. The third-order valence-corrected chi connectivity index (χ3v) is 5.62. The number of aromatic nitrogens is 4. The summed E-state index contributed by atoms with van der Waals surface area (Å²) in [6.45, 7) is 2.46. The standard InChI is InChI=1S/C22H24FN5O/c1-14(29)20-9-18(23)6-7-19(20)22-17(12-27(2)26-22)8-16-13-28(25-21(16)10-24)11-15-4-3-5-15/h6-7,9,12-15,29H,3-5,8,11H2,1-2H3. The molecule has 150 valence electrons. The van der Waals surface area contributed by atoms with Crippen molar-refractivity contribution < 1.29 is 9.50 Å². The molecule has 1 fully saturated rings. The molecule has 0 radical (unpaired) electrons. The van der Waals surface area contributed by atoms with Gasteiger partial charge in [-0.1, -0.05) is 6.42 Å². The predicted octanol–water partition coefficient (Wildman–Crippen LogP) is 3.74. The molecule has 0 spiro atoms. The van der Waals surface area contributed by atoms with Gasteiger partial charge in [-0.3, -0.25) is 9.36 Å². The Morgan fingerprint density at radius 3 is 2.72 bits per heavy atom. The highest BCUT2D eigenvalue weighted by molar-refractivity contribution is 5.68. The Morgan fingerprint density at radius 1 is 1.28 bits per heavy atom. The molecule has 1 unspecified atom stereocenters. The smallest absolute Gasteiger partial charge is 0.165 e. The van der Waals surface area contributed by atoms with E-state index in [9.17, 15) is 14.8 Å². The zero-order valence-electron chi connectivity index (χ0n) is 16.6. The van der Waals surface area contributed by atoms with Gasteiger partial charge in [0.2, 0.25) is 0 Å². The minimum absolute atomic E-state index is 0.397. The van der Waals surface area contributed by atoms with E-state index in [1.807, 2.05) is 24.1 Å². The van der Waals surface area contributed by atoms with E-state index in [-0.39, 0.29) is 0 Å². The van der Waals surface area contributed by atoms with Crippen molar-refractivity contribution in [3.8, 4) is 17.3 Å². The van der Waals surface area contributed by atoms with E-state index in [0.29, 0.717) is 34.9 Å². The Hall–Kier alpha value is -2.98. The molecule has 1 atom stereocenters. The first-order valence-electron chi connectivity index (χ1n) is 9.91. The summed E-state index contributed by atoms with van der Waals surface area (Å²) in [6.07, 6.45) is 7.23. The Bertz CT molecular complexity index is 1070. The average molecular weight is 393 g/mol. The van der Waals surface area contributed by atoms with E-state index in [1.165, 1.54) is 31.4 Å². The fraction of sp³-hybridized carbons (Fsp3) is 0.409. The molecule has 2 heterocycles. The SMILES string of the molecule is CC(O)c1cc(F)ccc1-c1nn(C)cc1Cc1cn(CC2CCC2)nc1C#N. The van der Waals surface area contributed by atoms with Crippen LogP contribution in [0.3, 0.4) is 0 Å². The van der Waals surface area contributed by atoms with Gasteiger partial charge >= 0.3 is 0 Å². The lowest BCUT2D eigenvalue weighted by Gasteiger charge is -2.24. The minimum atomic E-state index is -0.824. The van der Waals surface area contributed by atoms with Crippen molar-refractivity contribution in [2.75, 3.05) is 0 Å². The summed E-state index contributed by atoms with van der Waals surface area (Å²) < 4.78 is 17.3. The summed E-state index contributed by atoms with van der Waals surface area (Å²) in [6, 6.07) is 6.56. The van der Waals surface area contributed by atoms with E-state index in [4.69, 9.17) is 0 Å². The second kappa shape index (κ2) is 7.80. The molecule has 1 aliphatic rings. The molecule has 29 heavy (non-hydrogen) atoms. The monoisotopic (exact) mass is 393 g/mol. The van der Waals surface area contributed by atoms with Gasteiger partial charge in [-0.05, 0) is 49.4 Å². The van der Waals surface area contributed by atoms with Gasteiger partial charge in [-0.25, -0.2) is 4.39 Å². The third kappa shape index (κ3) is 3.94. The van der Waals surface area contributed by atoms with Gasteiger partial charge in [0.15, 0.2) is 5.69 Å². The first kappa shape index (κ1) is 19.3. The fourth-order valence-electron chi connectivity index (χ4n) is 3.91. The molecule has 0 bridgehead atoms. The Kier molecular flexibility index (Phi) is 5.20. The third-order valence-electron chi connectivity index (χ3n) is 5.62. The normalized spacial score (nSPS) is 15.1. The highest BCUT2D eigenvalue weighted by atomic mass is 19.1. The molecule has 7 heteroatoms. The predicted molar refractivity (Wildman–Crippen MR) is 106 cm³/mol. The van der Waals surface area contributed by atoms with Crippen molar-refractivity contribution in [3.63, 3.8) is 0 Å². The van der Waals surface area contributed by atoms with Crippen LogP contribution in [0.25, 0.3) is 11.3 Å². The van der Waals surface area contributed by atoms with Crippen LogP contribution in [0.2, 0.25) is 0 Å². The topological polar surface area (TPSA) is 79.7 Å². The summed E-state index contributed by atoms with van der Waals surface area (Å²) in [5.41, 5.74) is 4.04. The van der Waals surface area contributed by atoms with Crippen LogP contribution < -0.4 is 0 Å². The summed E-state index contributed by atoms with van der Waals surface area (Å²) in [5, 5.41) is 28.7. The Balaban J connectivity index is 1.69. The summed E-state index contributed by atoms with van der Waals surface area (Å²) in [7, 11) is 1.82. The van der Waals surface area contributed by atoms with E-state index in [0.717, 1.165) is 17.7 Å². The van der Waals surface area contributed by atoms with Gasteiger partial charge in [-0.2, -0.15) is 15.5 Å². The maximum Gasteiger partial charge on any atom is 0.165 e. The lowest BCUT2D eigenvalue weighted by atomic mass is 9.85. The van der Waals surface area contributed by atoms with Gasteiger partial charge in [0, 0.05) is 49.1 Å². The van der Waals surface area contributed by atoms with Crippen molar-refractivity contribution in [3.05, 3.63) is 58.8 Å². The van der Waals surface area contributed by atoms with Crippen molar-refractivity contribution in [2.24, 2.45) is 13.0 Å². The van der Waals surface area contributed by atoms with Crippen LogP contribution in [0.4, 0.5) is 4.39 Å². The quantitative estimate of drug-likeness (QED) is 0.692. The molecule has 1 aromatic carbocycles. The zero-order valence-corrected chi connectivity index (χ0v) is 16.6. The van der Waals surface area contributed by atoms with E-state index in [2.05, 4.69) is 16.3 Å². The minimum Gasteiger partial charge on any atom is -0.389 e. The molecule has 3 aromatic rings. The number of halogens is 1. The highest BCUT2D eigenvalue weighted by Gasteiger charge is 2.21. The lowest BCUT2D eigenvalue weighted by Crippen LogP contribution is -2.18. The van der Waals surface area contributed by atoms with Crippen LogP contribution in [0.15, 0.2) is 30.6 Å². The highest BCUT2D eigenvalue weighted by Crippen LogP contribution is 2.32. The molecule has 4 rings (SSSR count). The van der Waals surface area contributed by atoms with E-state index < -0.39 is 11.9 Å². The first-order valence-corrected chi connectivity index (χ1v) is 9.91. The number of aliphatic hydroxyl groups excluding tert-OH is 1. The number of nitriles is 1. The number of rotatable bonds is 6. The summed E-state index contributed by atoms with van der Waals surface area (Å²) >= 11 is 0. The van der Waals surface area contributed by atoms with Gasteiger partial charge < -0.3 is 5.11 Å². The van der Waals surface area contributed by atoms with Crippen molar-refractivity contribution in [2.45, 2.75) is 45.3 Å². The number of hydrogen-bond acceptors (Lipinski definition) is 4. The number of hydrogen-bond donors (Lipinski definition) is 1. The molecular formula is C22H24FN5O. The molecule has 6 nitrogen and oxygen atoms in total. The Morgan fingerprint density at radius 2 is 2.07 bits per heavy atom. The van der Waals surface area contributed by atoms with Gasteiger partial charge in [0.05, 0.1) is 11.8 Å². The molecule has 0 saturated heterocycles. The molecule has 1 aliphatic carbocycles. The van der Waals surface area contributed by atoms with Gasteiger partial charge in [-0.15, -0.1) is 0 Å². The summed E-state index contributed by atoms with van der Waals surface area (Å²) in [5.74, 6) is 0.252. The molecular weight excluding hydrogens is 369 g/mol. The molecule has 0 aliphatic heterocycles. The van der Waals surface area contributed by atoms with E-state index in [1.54, 1.807) is 17.7 Å². The van der Waals surface area contributed by atoms with Crippen molar-refractivity contribution >= 4 is 0 Å². The molecule has 0 amide bonds. The maximum atomic E-state index is 13.7. The van der Waals surface area contributed by atoms with Gasteiger partial charge in [0.25, 0.3) is 0 Å². The number of aryl methyl sites for hydroxylation is 1. The van der Waals surface area contributed by atoms with Crippen LogP contribution >= 0.6 is 0 Å². The van der Waals surface area contributed by atoms with Crippen LogP contribution in [0.1, 0.15) is 54.7 Å². The summed E-state index contributed by atoms with van der Waals surface area (Å²) in [4.78, 5) is 0. The van der Waals surface area contributed by atoms with Crippen LogP contribution in [-0.4, -0.2) is 24.7 Å². The average Bonchev–Trinajstić information content (AvgIpc) is 3.21. The second-order valence-corrected chi connectivity index (χ2v) is 7.89. The number of aliphatic hydroxyl groups is 1. The first-order chi connectivity index (χ1) is 13.9. The second-order valence-electron chi connectivity index (χ2n) is 7.89. The molecule has 2 aromatic heterocycles. The van der Waals surface area contributed by atoms with Crippen LogP contribution in [-0.2, 0) is 20.0 Å². The van der Waals surface area contributed by atoms with E-state index >= 15 is 0 Å². The van der Waals surface area contributed by atoms with Crippen molar-refractivity contribution in [1.29, 1.82) is 5.26 Å². The maximum absolute atomic E-state index is 13.7. The number of benzene rings is 1. The van der Waals surface area contributed by atoms with Gasteiger partial charge in [0.1, 0.15) is 11.9 Å². The lowest BCUT2D eigenvalue weighted by molar-refractivity contribution is 0.199. The Labute approximate surface area is 169 Å².